The average Bonchev–Trinajstić information content (AvgIpc) is 2.90. The van der Waals surface area contributed by atoms with Crippen LogP contribution in [0.3, 0.4) is 0 Å². The number of carbonyl (C=O) groups excluding carboxylic acids is 2. The summed E-state index contributed by atoms with van der Waals surface area (Å²) in [5.41, 5.74) is 0.742. The lowest BCUT2D eigenvalue weighted by Crippen LogP contribution is -2.44. The molecule has 0 aliphatic heterocycles. The van der Waals surface area contributed by atoms with Crippen molar-refractivity contribution in [3.63, 3.8) is 0 Å². The lowest BCUT2D eigenvalue weighted by atomic mass is 10.2. The minimum atomic E-state index is -0.133. The van der Waals surface area contributed by atoms with Crippen LogP contribution in [-0.4, -0.2) is 44.3 Å². The highest BCUT2D eigenvalue weighted by Crippen LogP contribution is 2.08. The Hall–Kier alpha value is -1.92. The molecule has 0 radical (unpaired) electrons. The van der Waals surface area contributed by atoms with Gasteiger partial charge in [0.2, 0.25) is 11.8 Å². The Balaban J connectivity index is 2.68. The molecule has 1 aromatic heterocycles. The predicted molar refractivity (Wildman–Crippen MR) is 83.9 cm³/mol. The van der Waals surface area contributed by atoms with Crippen LogP contribution in [0.5, 0.6) is 0 Å². The van der Waals surface area contributed by atoms with E-state index in [4.69, 9.17) is 0 Å². The Morgan fingerprint density at radius 2 is 1.86 bits per heavy atom. The predicted octanol–water partition coefficient (Wildman–Crippen LogP) is 1.37. The molecule has 1 heterocycles. The van der Waals surface area contributed by atoms with E-state index < -0.39 is 0 Å². The Bertz CT molecular complexity index is 508. The van der Waals surface area contributed by atoms with E-state index in [1.54, 1.807) is 23.4 Å². The fourth-order valence-electron chi connectivity index (χ4n) is 1.84. The van der Waals surface area contributed by atoms with Crippen LogP contribution >= 0.6 is 0 Å². The first-order chi connectivity index (χ1) is 10.2. The van der Waals surface area contributed by atoms with Crippen LogP contribution in [0.1, 0.15) is 53.3 Å². The molecule has 0 unspecified atom stereocenters. The average molecular weight is 309 g/mol. The van der Waals surface area contributed by atoms with E-state index >= 15 is 0 Å². The highest BCUT2D eigenvalue weighted by Gasteiger charge is 2.20. The molecule has 0 fully saturated rings. The van der Waals surface area contributed by atoms with Gasteiger partial charge >= 0.3 is 0 Å². The second-order valence-electron chi connectivity index (χ2n) is 6.27. The minimum Gasteiger partial charge on any atom is -0.347 e. The van der Waals surface area contributed by atoms with Gasteiger partial charge in [-0.25, -0.2) is 4.68 Å². The molecule has 0 aliphatic rings. The number of aromatic nitrogens is 3. The molecule has 7 nitrogen and oxygen atoms in total. The van der Waals surface area contributed by atoms with Gasteiger partial charge in [0, 0.05) is 18.0 Å². The van der Waals surface area contributed by atoms with Crippen molar-refractivity contribution in [2.75, 3.05) is 6.54 Å². The number of carbonyl (C=O) groups is 2. The first-order valence-corrected chi connectivity index (χ1v) is 7.70. The summed E-state index contributed by atoms with van der Waals surface area (Å²) in [6.45, 7) is 11.9. The lowest BCUT2D eigenvalue weighted by molar-refractivity contribution is -0.135. The normalized spacial score (nSPS) is 11.3. The zero-order valence-electron chi connectivity index (χ0n) is 14.3. The van der Waals surface area contributed by atoms with E-state index in [1.807, 2.05) is 33.9 Å². The number of hydrogen-bond donors (Lipinski definition) is 1. The third-order valence-corrected chi connectivity index (χ3v) is 3.30. The molecule has 124 valence electrons. The molecule has 0 atom stereocenters. The molecule has 1 rings (SSSR count). The molecular weight excluding hydrogens is 282 g/mol. The van der Waals surface area contributed by atoms with Crippen LogP contribution in [0.15, 0.2) is 6.20 Å². The van der Waals surface area contributed by atoms with Crippen molar-refractivity contribution >= 4 is 11.8 Å². The van der Waals surface area contributed by atoms with E-state index in [-0.39, 0.29) is 36.4 Å². The fourth-order valence-corrected chi connectivity index (χ4v) is 1.84. The van der Waals surface area contributed by atoms with Crippen LogP contribution in [0.4, 0.5) is 0 Å². The maximum Gasteiger partial charge on any atom is 0.242 e. The first kappa shape index (κ1) is 18.1. The van der Waals surface area contributed by atoms with Crippen LogP contribution < -0.4 is 5.32 Å². The van der Waals surface area contributed by atoms with E-state index in [9.17, 15) is 9.59 Å². The number of amides is 2. The Morgan fingerprint density at radius 3 is 2.32 bits per heavy atom. The molecule has 0 saturated heterocycles. The second kappa shape index (κ2) is 7.91. The summed E-state index contributed by atoms with van der Waals surface area (Å²) in [7, 11) is 0. The molecule has 22 heavy (non-hydrogen) atoms. The maximum atomic E-state index is 12.3. The zero-order chi connectivity index (χ0) is 16.9. The number of nitrogens with zero attached hydrogens (tertiary/aromatic N) is 4. The molecule has 1 N–H and O–H groups in total. The van der Waals surface area contributed by atoms with Gasteiger partial charge < -0.3 is 10.2 Å². The SMILES string of the molecule is CC(C)C(=O)NCC(=O)N(Cc1cn(C(C)C)nn1)C(C)C. The molecule has 0 spiro atoms. The lowest BCUT2D eigenvalue weighted by Gasteiger charge is -2.26. The smallest absolute Gasteiger partial charge is 0.242 e. The van der Waals surface area contributed by atoms with E-state index in [0.29, 0.717) is 6.54 Å². The van der Waals surface area contributed by atoms with Gasteiger partial charge in [-0.1, -0.05) is 19.1 Å². The summed E-state index contributed by atoms with van der Waals surface area (Å²) in [4.78, 5) is 25.6. The Kier molecular flexibility index (Phi) is 6.52. The summed E-state index contributed by atoms with van der Waals surface area (Å²) in [6, 6.07) is 0.252. The van der Waals surface area contributed by atoms with Gasteiger partial charge in [0.25, 0.3) is 0 Å². The summed E-state index contributed by atoms with van der Waals surface area (Å²) < 4.78 is 1.76. The van der Waals surface area contributed by atoms with Crippen LogP contribution in [0.2, 0.25) is 0 Å². The van der Waals surface area contributed by atoms with Crippen molar-refractivity contribution in [2.24, 2.45) is 5.92 Å². The van der Waals surface area contributed by atoms with Gasteiger partial charge in [-0.05, 0) is 27.7 Å². The highest BCUT2D eigenvalue weighted by molar-refractivity contribution is 5.85. The summed E-state index contributed by atoms with van der Waals surface area (Å²) in [5, 5.41) is 10.8. The second-order valence-corrected chi connectivity index (χ2v) is 6.27. The van der Waals surface area contributed by atoms with Crippen molar-refractivity contribution in [3.05, 3.63) is 11.9 Å². The van der Waals surface area contributed by atoms with Gasteiger partial charge in [0.15, 0.2) is 0 Å². The van der Waals surface area contributed by atoms with Crippen molar-refractivity contribution < 1.29 is 9.59 Å². The largest absolute Gasteiger partial charge is 0.347 e. The topological polar surface area (TPSA) is 80.1 Å². The standard InChI is InChI=1S/C15H27N5O2/c1-10(2)15(22)16-7-14(21)19(11(3)4)8-13-9-20(12(5)6)18-17-13/h9-12H,7-8H2,1-6H3,(H,16,22). The zero-order valence-corrected chi connectivity index (χ0v) is 14.3. The molecule has 0 aliphatic carbocycles. The number of rotatable bonds is 7. The monoisotopic (exact) mass is 309 g/mol. The van der Waals surface area contributed by atoms with Crippen molar-refractivity contribution in [1.82, 2.24) is 25.2 Å². The molecule has 0 bridgehead atoms. The third-order valence-electron chi connectivity index (χ3n) is 3.30. The van der Waals surface area contributed by atoms with Gasteiger partial charge in [0.05, 0.1) is 19.3 Å². The molecule has 0 saturated carbocycles. The fraction of sp³-hybridized carbons (Fsp3) is 0.733. The molecule has 7 heteroatoms. The van der Waals surface area contributed by atoms with E-state index in [2.05, 4.69) is 15.6 Å². The minimum absolute atomic E-state index is 0.00745. The summed E-state index contributed by atoms with van der Waals surface area (Å²) in [6.07, 6.45) is 1.85. The molecular formula is C15H27N5O2. The van der Waals surface area contributed by atoms with Crippen LogP contribution in [-0.2, 0) is 16.1 Å². The molecule has 0 aromatic carbocycles. The summed E-state index contributed by atoms with van der Waals surface area (Å²) in [5.74, 6) is -0.378. The molecule has 2 amide bonds. The van der Waals surface area contributed by atoms with Gasteiger partial charge in [-0.2, -0.15) is 0 Å². The van der Waals surface area contributed by atoms with Gasteiger partial charge in [0.1, 0.15) is 5.69 Å². The Morgan fingerprint density at radius 1 is 1.23 bits per heavy atom. The van der Waals surface area contributed by atoms with Crippen LogP contribution in [0, 0.1) is 5.92 Å². The van der Waals surface area contributed by atoms with Crippen LogP contribution in [0.25, 0.3) is 0 Å². The first-order valence-electron chi connectivity index (χ1n) is 7.70. The van der Waals surface area contributed by atoms with Crippen molar-refractivity contribution in [1.29, 1.82) is 0 Å². The number of nitrogens with one attached hydrogen (secondary N) is 1. The summed E-state index contributed by atoms with van der Waals surface area (Å²) >= 11 is 0. The maximum absolute atomic E-state index is 12.3. The Labute approximate surface area is 132 Å². The third kappa shape index (κ3) is 5.13. The quantitative estimate of drug-likeness (QED) is 0.825. The highest BCUT2D eigenvalue weighted by atomic mass is 16.2. The van der Waals surface area contributed by atoms with Crippen molar-refractivity contribution in [3.8, 4) is 0 Å². The van der Waals surface area contributed by atoms with Crippen molar-refractivity contribution in [2.45, 2.75) is 60.2 Å². The van der Waals surface area contributed by atoms with Gasteiger partial charge in [-0.15, -0.1) is 5.10 Å². The molecule has 1 aromatic rings. The van der Waals surface area contributed by atoms with E-state index in [1.165, 1.54) is 0 Å². The van der Waals surface area contributed by atoms with Gasteiger partial charge in [-0.3, -0.25) is 9.59 Å². The van der Waals surface area contributed by atoms with E-state index in [0.717, 1.165) is 5.69 Å². The number of hydrogen-bond acceptors (Lipinski definition) is 4.